The maximum atomic E-state index is 11.8. The number of rotatable bonds is 5. The fourth-order valence-corrected chi connectivity index (χ4v) is 1.63. The molecule has 1 aliphatic rings. The SMILES string of the molecule is CC(NC1CC1)C(=O)Nc1cccc([N+](=O)[O-])c1.Cl. The van der Waals surface area contributed by atoms with Crippen molar-refractivity contribution in [2.24, 2.45) is 0 Å². The maximum Gasteiger partial charge on any atom is 0.271 e. The second-order valence-corrected chi connectivity index (χ2v) is 4.46. The molecule has 0 spiro atoms. The molecular weight excluding hydrogens is 270 g/mol. The van der Waals surface area contributed by atoms with Crippen LogP contribution < -0.4 is 10.6 Å². The number of anilines is 1. The number of nitro benzene ring substituents is 1. The molecule has 1 unspecified atom stereocenters. The molecule has 0 aromatic heterocycles. The molecule has 1 saturated carbocycles. The number of carbonyl (C=O) groups is 1. The molecular formula is C12H16ClN3O3. The Morgan fingerprint density at radius 2 is 2.16 bits per heavy atom. The van der Waals surface area contributed by atoms with Gasteiger partial charge in [0.05, 0.1) is 11.0 Å². The van der Waals surface area contributed by atoms with Gasteiger partial charge in [-0.2, -0.15) is 0 Å². The molecule has 0 saturated heterocycles. The van der Waals surface area contributed by atoms with E-state index in [1.165, 1.54) is 12.1 Å². The normalized spacial score (nSPS) is 15.2. The first-order chi connectivity index (χ1) is 8.56. The molecule has 104 valence electrons. The van der Waals surface area contributed by atoms with Crippen LogP contribution >= 0.6 is 12.4 Å². The van der Waals surface area contributed by atoms with Crippen LogP contribution in [0.25, 0.3) is 0 Å². The summed E-state index contributed by atoms with van der Waals surface area (Å²) in [7, 11) is 0. The Balaban J connectivity index is 0.00000180. The van der Waals surface area contributed by atoms with Gasteiger partial charge in [-0.15, -0.1) is 12.4 Å². The number of nitro groups is 1. The van der Waals surface area contributed by atoms with E-state index in [9.17, 15) is 14.9 Å². The topological polar surface area (TPSA) is 84.3 Å². The summed E-state index contributed by atoms with van der Waals surface area (Å²) in [6.45, 7) is 1.78. The minimum Gasteiger partial charge on any atom is -0.324 e. The number of carbonyl (C=O) groups excluding carboxylic acids is 1. The van der Waals surface area contributed by atoms with E-state index in [0.717, 1.165) is 12.8 Å². The molecule has 0 heterocycles. The molecule has 0 radical (unpaired) electrons. The lowest BCUT2D eigenvalue weighted by Crippen LogP contribution is -2.39. The number of hydrogen-bond acceptors (Lipinski definition) is 4. The fraction of sp³-hybridized carbons (Fsp3) is 0.417. The van der Waals surface area contributed by atoms with Gasteiger partial charge in [0.25, 0.3) is 5.69 Å². The summed E-state index contributed by atoms with van der Waals surface area (Å²) >= 11 is 0. The van der Waals surface area contributed by atoms with Crippen molar-refractivity contribution < 1.29 is 9.72 Å². The lowest BCUT2D eigenvalue weighted by molar-refractivity contribution is -0.384. The molecule has 1 aromatic carbocycles. The van der Waals surface area contributed by atoms with Crippen molar-refractivity contribution >= 4 is 29.7 Å². The Morgan fingerprint density at radius 1 is 1.47 bits per heavy atom. The van der Waals surface area contributed by atoms with Gasteiger partial charge in [-0.25, -0.2) is 0 Å². The summed E-state index contributed by atoms with van der Waals surface area (Å²) in [6.07, 6.45) is 2.21. The summed E-state index contributed by atoms with van der Waals surface area (Å²) < 4.78 is 0. The van der Waals surface area contributed by atoms with E-state index in [1.807, 2.05) is 0 Å². The van der Waals surface area contributed by atoms with Crippen LogP contribution in [0.1, 0.15) is 19.8 Å². The van der Waals surface area contributed by atoms with Crippen LogP contribution in [0.15, 0.2) is 24.3 Å². The lowest BCUT2D eigenvalue weighted by Gasteiger charge is -2.13. The number of nitrogens with zero attached hydrogens (tertiary/aromatic N) is 1. The minimum absolute atomic E-state index is 0. The Morgan fingerprint density at radius 3 is 2.74 bits per heavy atom. The second-order valence-electron chi connectivity index (χ2n) is 4.46. The van der Waals surface area contributed by atoms with Gasteiger partial charge < -0.3 is 10.6 Å². The van der Waals surface area contributed by atoms with Gasteiger partial charge in [-0.05, 0) is 25.8 Å². The van der Waals surface area contributed by atoms with Gasteiger partial charge in [0.15, 0.2) is 0 Å². The monoisotopic (exact) mass is 285 g/mol. The van der Waals surface area contributed by atoms with E-state index in [4.69, 9.17) is 0 Å². The molecule has 6 nitrogen and oxygen atoms in total. The van der Waals surface area contributed by atoms with Gasteiger partial charge in [0.1, 0.15) is 0 Å². The zero-order valence-electron chi connectivity index (χ0n) is 10.5. The average molecular weight is 286 g/mol. The third-order valence-corrected chi connectivity index (χ3v) is 2.78. The molecule has 2 N–H and O–H groups in total. The minimum atomic E-state index is -0.485. The number of amides is 1. The summed E-state index contributed by atoms with van der Waals surface area (Å²) in [5, 5.41) is 16.4. The number of benzene rings is 1. The van der Waals surface area contributed by atoms with E-state index in [2.05, 4.69) is 10.6 Å². The predicted molar refractivity (Wildman–Crippen MR) is 74.6 cm³/mol. The summed E-state index contributed by atoms with van der Waals surface area (Å²) in [5.41, 5.74) is 0.411. The van der Waals surface area contributed by atoms with Crippen molar-refractivity contribution in [1.29, 1.82) is 0 Å². The Labute approximate surface area is 117 Å². The molecule has 1 aliphatic carbocycles. The van der Waals surface area contributed by atoms with Crippen molar-refractivity contribution in [1.82, 2.24) is 5.32 Å². The first-order valence-electron chi connectivity index (χ1n) is 5.87. The fourth-order valence-electron chi connectivity index (χ4n) is 1.63. The standard InChI is InChI=1S/C12H15N3O3.ClH/c1-8(13-9-5-6-9)12(16)14-10-3-2-4-11(7-10)15(17)18;/h2-4,7-9,13H,5-6H2,1H3,(H,14,16);1H. The van der Waals surface area contributed by atoms with E-state index >= 15 is 0 Å². The highest BCUT2D eigenvalue weighted by molar-refractivity contribution is 5.94. The van der Waals surface area contributed by atoms with Crippen LogP contribution in [-0.4, -0.2) is 22.9 Å². The highest BCUT2D eigenvalue weighted by Crippen LogP contribution is 2.20. The molecule has 2 rings (SSSR count). The summed E-state index contributed by atoms with van der Waals surface area (Å²) in [5.74, 6) is -0.178. The molecule has 7 heteroatoms. The molecule has 0 aliphatic heterocycles. The Hall–Kier alpha value is -1.66. The van der Waals surface area contributed by atoms with Crippen LogP contribution in [0.3, 0.4) is 0 Å². The molecule has 1 atom stereocenters. The first-order valence-corrected chi connectivity index (χ1v) is 5.87. The Bertz CT molecular complexity index is 477. The van der Waals surface area contributed by atoms with Crippen molar-refractivity contribution in [3.05, 3.63) is 34.4 Å². The largest absolute Gasteiger partial charge is 0.324 e. The van der Waals surface area contributed by atoms with E-state index in [0.29, 0.717) is 11.7 Å². The Kier molecular flexibility index (Phi) is 5.26. The maximum absolute atomic E-state index is 11.8. The van der Waals surface area contributed by atoms with Gasteiger partial charge in [0.2, 0.25) is 5.91 Å². The van der Waals surface area contributed by atoms with E-state index in [-0.39, 0.29) is 30.0 Å². The van der Waals surface area contributed by atoms with Crippen molar-refractivity contribution in [3.8, 4) is 0 Å². The summed E-state index contributed by atoms with van der Waals surface area (Å²) in [4.78, 5) is 21.9. The number of hydrogen-bond donors (Lipinski definition) is 2. The zero-order chi connectivity index (χ0) is 13.1. The molecule has 0 bridgehead atoms. The quantitative estimate of drug-likeness (QED) is 0.641. The van der Waals surface area contributed by atoms with Crippen molar-refractivity contribution in [3.63, 3.8) is 0 Å². The third-order valence-electron chi connectivity index (χ3n) is 2.78. The second kappa shape index (κ2) is 6.49. The number of halogens is 1. The smallest absolute Gasteiger partial charge is 0.271 e. The van der Waals surface area contributed by atoms with Gasteiger partial charge in [-0.3, -0.25) is 14.9 Å². The lowest BCUT2D eigenvalue weighted by atomic mass is 10.2. The molecule has 1 aromatic rings. The first kappa shape index (κ1) is 15.4. The van der Waals surface area contributed by atoms with Gasteiger partial charge >= 0.3 is 0 Å². The van der Waals surface area contributed by atoms with Crippen LogP contribution in [0, 0.1) is 10.1 Å². The van der Waals surface area contributed by atoms with Crippen molar-refractivity contribution in [2.75, 3.05) is 5.32 Å². The average Bonchev–Trinajstić information content (AvgIpc) is 3.13. The van der Waals surface area contributed by atoms with Crippen molar-refractivity contribution in [2.45, 2.75) is 31.8 Å². The summed E-state index contributed by atoms with van der Waals surface area (Å²) in [6, 6.07) is 6.07. The zero-order valence-corrected chi connectivity index (χ0v) is 11.3. The molecule has 19 heavy (non-hydrogen) atoms. The highest BCUT2D eigenvalue weighted by Gasteiger charge is 2.25. The molecule has 1 fully saturated rings. The predicted octanol–water partition coefficient (Wildman–Crippen LogP) is 2.10. The molecule has 1 amide bonds. The highest BCUT2D eigenvalue weighted by atomic mass is 35.5. The van der Waals surface area contributed by atoms with Crippen LogP contribution in [-0.2, 0) is 4.79 Å². The van der Waals surface area contributed by atoms with E-state index < -0.39 is 4.92 Å². The number of nitrogens with one attached hydrogen (secondary N) is 2. The van der Waals surface area contributed by atoms with Gasteiger partial charge in [0, 0.05) is 23.9 Å². The third kappa shape index (κ3) is 4.50. The van der Waals surface area contributed by atoms with Crippen LogP contribution in [0.5, 0.6) is 0 Å². The van der Waals surface area contributed by atoms with Crippen LogP contribution in [0.2, 0.25) is 0 Å². The van der Waals surface area contributed by atoms with Gasteiger partial charge in [-0.1, -0.05) is 6.07 Å². The van der Waals surface area contributed by atoms with E-state index in [1.54, 1.807) is 19.1 Å². The number of non-ortho nitro benzene ring substituents is 1. The van der Waals surface area contributed by atoms with Crippen LogP contribution in [0.4, 0.5) is 11.4 Å².